The molecule has 0 bridgehead atoms. The minimum Gasteiger partial charge on any atom is -0.348 e. The Hall–Kier alpha value is -3.98. The zero-order valence-corrected chi connectivity index (χ0v) is 14.3. The van der Waals surface area contributed by atoms with Crippen LogP contribution in [-0.4, -0.2) is 16.8 Å². The predicted octanol–water partition coefficient (Wildman–Crippen LogP) is 3.14. The molecule has 1 heterocycles. The van der Waals surface area contributed by atoms with Gasteiger partial charge in [0.25, 0.3) is 11.8 Å². The van der Waals surface area contributed by atoms with Gasteiger partial charge in [0.15, 0.2) is 0 Å². The van der Waals surface area contributed by atoms with Gasteiger partial charge < -0.3 is 10.6 Å². The number of para-hydroxylation sites is 1. The first-order valence-corrected chi connectivity index (χ1v) is 8.25. The molecule has 0 fully saturated rings. The van der Waals surface area contributed by atoms with Crippen LogP contribution in [0.2, 0.25) is 0 Å². The van der Waals surface area contributed by atoms with Gasteiger partial charge >= 0.3 is 0 Å². The smallest absolute Gasteiger partial charge is 0.255 e. The van der Waals surface area contributed by atoms with Gasteiger partial charge in [-0.15, -0.1) is 0 Å². The Morgan fingerprint density at radius 1 is 0.926 bits per heavy atom. The first-order chi connectivity index (χ1) is 13.2. The number of carbonyl (C=O) groups is 2. The first-order valence-electron chi connectivity index (χ1n) is 8.25. The summed E-state index contributed by atoms with van der Waals surface area (Å²) in [4.78, 5) is 28.8. The van der Waals surface area contributed by atoms with Crippen LogP contribution in [0.1, 0.15) is 31.8 Å². The number of hydrogen-bond acceptors (Lipinski definition) is 4. The molecule has 27 heavy (non-hydrogen) atoms. The van der Waals surface area contributed by atoms with E-state index in [1.165, 1.54) is 6.07 Å². The molecule has 3 rings (SSSR count). The van der Waals surface area contributed by atoms with Crippen LogP contribution in [0.15, 0.2) is 73.1 Å². The van der Waals surface area contributed by atoms with Gasteiger partial charge in [-0.3, -0.25) is 14.6 Å². The van der Waals surface area contributed by atoms with Crippen LogP contribution < -0.4 is 10.6 Å². The van der Waals surface area contributed by atoms with Gasteiger partial charge in [-0.1, -0.05) is 18.2 Å². The molecule has 2 aromatic carbocycles. The number of carbonyl (C=O) groups excluding carboxylic acids is 2. The Morgan fingerprint density at radius 2 is 1.63 bits per heavy atom. The number of nitriles is 1. The highest BCUT2D eigenvalue weighted by Gasteiger charge is 2.12. The summed E-state index contributed by atoms with van der Waals surface area (Å²) in [6.07, 6.45) is 3.32. The van der Waals surface area contributed by atoms with Gasteiger partial charge in [0.1, 0.15) is 6.07 Å². The van der Waals surface area contributed by atoms with Crippen molar-refractivity contribution >= 4 is 17.5 Å². The summed E-state index contributed by atoms with van der Waals surface area (Å²) < 4.78 is 0. The lowest BCUT2D eigenvalue weighted by Gasteiger charge is -2.09. The molecule has 0 unspecified atom stereocenters. The summed E-state index contributed by atoms with van der Waals surface area (Å²) in [5.74, 6) is -0.666. The zero-order chi connectivity index (χ0) is 19.1. The van der Waals surface area contributed by atoms with Gasteiger partial charge in [0, 0.05) is 30.1 Å². The maximum absolute atomic E-state index is 12.5. The average molecular weight is 356 g/mol. The number of aromatic nitrogens is 1. The fraction of sp³-hybridized carbons (Fsp3) is 0.0476. The maximum atomic E-state index is 12.5. The van der Waals surface area contributed by atoms with Crippen LogP contribution in [0.4, 0.5) is 5.69 Å². The third-order valence-electron chi connectivity index (χ3n) is 3.89. The van der Waals surface area contributed by atoms with Crippen molar-refractivity contribution in [2.45, 2.75) is 6.54 Å². The van der Waals surface area contributed by atoms with Crippen LogP contribution in [0.5, 0.6) is 0 Å². The van der Waals surface area contributed by atoms with Gasteiger partial charge in [-0.2, -0.15) is 5.26 Å². The lowest BCUT2D eigenvalue weighted by atomic mass is 10.1. The molecule has 0 spiro atoms. The number of nitrogens with zero attached hydrogens (tertiary/aromatic N) is 2. The molecule has 1 aromatic heterocycles. The van der Waals surface area contributed by atoms with E-state index in [2.05, 4.69) is 15.6 Å². The fourth-order valence-corrected chi connectivity index (χ4v) is 2.47. The van der Waals surface area contributed by atoms with E-state index in [-0.39, 0.29) is 11.8 Å². The largest absolute Gasteiger partial charge is 0.348 e. The topological polar surface area (TPSA) is 94.9 Å². The molecule has 132 valence electrons. The Kier molecular flexibility index (Phi) is 5.55. The van der Waals surface area contributed by atoms with Crippen molar-refractivity contribution in [2.24, 2.45) is 0 Å². The van der Waals surface area contributed by atoms with Crippen LogP contribution in [0.25, 0.3) is 0 Å². The van der Waals surface area contributed by atoms with E-state index >= 15 is 0 Å². The Bertz CT molecular complexity index is 1010. The van der Waals surface area contributed by atoms with Gasteiger partial charge in [-0.25, -0.2) is 0 Å². The van der Waals surface area contributed by atoms with Crippen molar-refractivity contribution in [2.75, 3.05) is 5.32 Å². The van der Waals surface area contributed by atoms with Crippen LogP contribution >= 0.6 is 0 Å². The Balaban J connectivity index is 1.70. The molecule has 0 saturated carbocycles. The minimum absolute atomic E-state index is 0.279. The van der Waals surface area contributed by atoms with Crippen LogP contribution in [-0.2, 0) is 6.54 Å². The van der Waals surface area contributed by atoms with Crippen molar-refractivity contribution in [3.05, 3.63) is 95.3 Å². The number of hydrogen-bond donors (Lipinski definition) is 2. The summed E-state index contributed by atoms with van der Waals surface area (Å²) in [7, 11) is 0. The molecule has 0 aliphatic carbocycles. The van der Waals surface area contributed by atoms with E-state index in [1.807, 2.05) is 18.2 Å². The number of rotatable bonds is 5. The SMILES string of the molecule is N#Cc1ccccc1NC(=O)c1cccc(C(=O)NCc2ccncc2)c1. The minimum atomic E-state index is -0.388. The number of pyridine rings is 1. The van der Waals surface area contributed by atoms with E-state index in [1.54, 1.807) is 54.9 Å². The second-order valence-corrected chi connectivity index (χ2v) is 5.73. The fourth-order valence-electron chi connectivity index (χ4n) is 2.47. The highest BCUT2D eigenvalue weighted by molar-refractivity contribution is 6.06. The van der Waals surface area contributed by atoms with Crippen molar-refractivity contribution < 1.29 is 9.59 Å². The monoisotopic (exact) mass is 356 g/mol. The lowest BCUT2D eigenvalue weighted by Crippen LogP contribution is -2.23. The molecule has 0 saturated heterocycles. The average Bonchev–Trinajstić information content (AvgIpc) is 2.73. The van der Waals surface area contributed by atoms with Crippen molar-refractivity contribution in [1.82, 2.24) is 10.3 Å². The van der Waals surface area contributed by atoms with Crippen molar-refractivity contribution in [3.8, 4) is 6.07 Å². The Labute approximate surface area is 156 Å². The normalized spacial score (nSPS) is 9.89. The second kappa shape index (κ2) is 8.41. The molecule has 0 radical (unpaired) electrons. The maximum Gasteiger partial charge on any atom is 0.255 e. The molecule has 3 aromatic rings. The third-order valence-corrected chi connectivity index (χ3v) is 3.89. The summed E-state index contributed by atoms with van der Waals surface area (Å²) in [6, 6.07) is 18.8. The zero-order valence-electron chi connectivity index (χ0n) is 14.3. The predicted molar refractivity (Wildman–Crippen MR) is 101 cm³/mol. The van der Waals surface area contributed by atoms with Crippen LogP contribution in [0, 0.1) is 11.3 Å². The summed E-state index contributed by atoms with van der Waals surface area (Å²) in [5.41, 5.74) is 2.44. The molecule has 0 aliphatic heterocycles. The number of amides is 2. The number of anilines is 1. The standard InChI is InChI=1S/C21H16N4O2/c22-13-18-4-1-2-7-19(18)25-21(27)17-6-3-5-16(12-17)20(26)24-14-15-8-10-23-11-9-15/h1-12H,14H2,(H,24,26)(H,25,27). The summed E-state index contributed by atoms with van der Waals surface area (Å²) >= 11 is 0. The number of benzene rings is 2. The molecule has 0 aliphatic rings. The van der Waals surface area contributed by atoms with E-state index in [4.69, 9.17) is 5.26 Å². The summed E-state index contributed by atoms with van der Waals surface area (Å²) in [6.45, 7) is 0.368. The highest BCUT2D eigenvalue weighted by atomic mass is 16.2. The highest BCUT2D eigenvalue weighted by Crippen LogP contribution is 2.15. The van der Waals surface area contributed by atoms with Crippen LogP contribution in [0.3, 0.4) is 0 Å². The lowest BCUT2D eigenvalue weighted by molar-refractivity contribution is 0.0951. The molecule has 2 amide bonds. The molecular formula is C21H16N4O2. The van der Waals surface area contributed by atoms with E-state index in [0.717, 1.165) is 5.56 Å². The molecular weight excluding hydrogens is 340 g/mol. The van der Waals surface area contributed by atoms with Gasteiger partial charge in [0.05, 0.1) is 11.3 Å². The van der Waals surface area contributed by atoms with E-state index in [0.29, 0.717) is 28.9 Å². The van der Waals surface area contributed by atoms with Crippen molar-refractivity contribution in [1.29, 1.82) is 5.26 Å². The molecule has 6 heteroatoms. The van der Waals surface area contributed by atoms with E-state index in [9.17, 15) is 9.59 Å². The first kappa shape index (κ1) is 17.8. The van der Waals surface area contributed by atoms with Crippen molar-refractivity contribution in [3.63, 3.8) is 0 Å². The second-order valence-electron chi connectivity index (χ2n) is 5.73. The quantitative estimate of drug-likeness (QED) is 0.734. The van der Waals surface area contributed by atoms with E-state index < -0.39 is 0 Å². The Morgan fingerprint density at radius 3 is 2.37 bits per heavy atom. The van der Waals surface area contributed by atoms with Gasteiger partial charge in [0.2, 0.25) is 0 Å². The van der Waals surface area contributed by atoms with Gasteiger partial charge in [-0.05, 0) is 48.0 Å². The molecule has 6 nitrogen and oxygen atoms in total. The molecule has 2 N–H and O–H groups in total. The number of nitrogens with one attached hydrogen (secondary N) is 2. The third kappa shape index (κ3) is 4.55. The molecule has 0 atom stereocenters. The summed E-state index contributed by atoms with van der Waals surface area (Å²) in [5, 5.41) is 14.6.